The Morgan fingerprint density at radius 2 is 2.26 bits per heavy atom. The van der Waals surface area contributed by atoms with Crippen molar-refractivity contribution >= 4 is 0 Å². The number of aryl methyl sites for hydroxylation is 1. The van der Waals surface area contributed by atoms with Gasteiger partial charge in [0, 0.05) is 6.20 Å². The number of aromatic nitrogens is 3. The zero-order chi connectivity index (χ0) is 13.5. The zero-order valence-electron chi connectivity index (χ0n) is 11.3. The fraction of sp³-hybridized carbons (Fsp3) is 0.500. The molecule has 100 valence electrons. The lowest BCUT2D eigenvalue weighted by atomic mass is 9.97. The van der Waals surface area contributed by atoms with Crippen molar-refractivity contribution in [1.29, 1.82) is 0 Å². The number of nitrogens with two attached hydrogens (primary N) is 1. The second-order valence-electron chi connectivity index (χ2n) is 5.34. The maximum atomic E-state index is 6.29. The van der Waals surface area contributed by atoms with E-state index in [9.17, 15) is 0 Å². The van der Waals surface area contributed by atoms with Crippen molar-refractivity contribution in [1.82, 2.24) is 15.1 Å². The first kappa shape index (κ1) is 12.3. The molecule has 0 aromatic carbocycles. The predicted molar refractivity (Wildman–Crippen MR) is 71.2 cm³/mol. The van der Waals surface area contributed by atoms with Crippen LogP contribution in [-0.4, -0.2) is 15.1 Å². The van der Waals surface area contributed by atoms with Gasteiger partial charge >= 0.3 is 0 Å². The number of pyridine rings is 1. The van der Waals surface area contributed by atoms with E-state index in [1.165, 1.54) is 0 Å². The molecule has 5 heteroatoms. The van der Waals surface area contributed by atoms with Crippen molar-refractivity contribution in [2.45, 2.75) is 38.6 Å². The third-order valence-corrected chi connectivity index (χ3v) is 3.80. The van der Waals surface area contributed by atoms with Crippen molar-refractivity contribution in [2.75, 3.05) is 0 Å². The van der Waals surface area contributed by atoms with Gasteiger partial charge in [-0.25, -0.2) is 0 Å². The van der Waals surface area contributed by atoms with Gasteiger partial charge in [-0.1, -0.05) is 18.1 Å². The molecule has 0 radical (unpaired) electrons. The third-order valence-electron chi connectivity index (χ3n) is 3.80. The summed E-state index contributed by atoms with van der Waals surface area (Å²) in [5.41, 5.74) is 7.66. The molecule has 1 unspecified atom stereocenters. The second kappa shape index (κ2) is 4.42. The van der Waals surface area contributed by atoms with Gasteiger partial charge in [-0.15, -0.1) is 0 Å². The van der Waals surface area contributed by atoms with Crippen LogP contribution in [0.1, 0.15) is 38.1 Å². The molecule has 19 heavy (non-hydrogen) atoms. The summed E-state index contributed by atoms with van der Waals surface area (Å²) in [4.78, 5) is 8.81. The van der Waals surface area contributed by atoms with Crippen LogP contribution in [0.4, 0.5) is 0 Å². The van der Waals surface area contributed by atoms with Gasteiger partial charge in [0.25, 0.3) is 0 Å². The highest BCUT2D eigenvalue weighted by atomic mass is 16.5. The van der Waals surface area contributed by atoms with E-state index in [4.69, 9.17) is 10.3 Å². The van der Waals surface area contributed by atoms with E-state index in [0.29, 0.717) is 17.6 Å². The molecule has 0 bridgehead atoms. The van der Waals surface area contributed by atoms with Gasteiger partial charge in [0.05, 0.1) is 5.54 Å². The molecule has 1 aliphatic rings. The lowest BCUT2D eigenvalue weighted by Gasteiger charge is -2.18. The number of hydrogen-bond donors (Lipinski definition) is 1. The van der Waals surface area contributed by atoms with Crippen LogP contribution >= 0.6 is 0 Å². The molecule has 2 aromatic heterocycles. The Labute approximate surface area is 112 Å². The standard InChI is InChI=1S/C14H18N4O/c1-3-9-5-4-8-16-11(9)12-17-13(19-18-12)14(2,15)10-6-7-10/h4-5,8,10H,3,6-7,15H2,1-2H3. The minimum atomic E-state index is -0.521. The summed E-state index contributed by atoms with van der Waals surface area (Å²) in [6.45, 7) is 4.04. The van der Waals surface area contributed by atoms with E-state index >= 15 is 0 Å². The highest BCUT2D eigenvalue weighted by Gasteiger charge is 2.44. The van der Waals surface area contributed by atoms with Crippen molar-refractivity contribution in [3.05, 3.63) is 29.8 Å². The van der Waals surface area contributed by atoms with E-state index in [0.717, 1.165) is 30.5 Å². The van der Waals surface area contributed by atoms with E-state index in [1.807, 2.05) is 19.1 Å². The van der Waals surface area contributed by atoms with Crippen molar-refractivity contribution in [2.24, 2.45) is 11.7 Å². The second-order valence-corrected chi connectivity index (χ2v) is 5.34. The molecule has 0 saturated heterocycles. The van der Waals surface area contributed by atoms with E-state index in [2.05, 4.69) is 22.0 Å². The highest BCUT2D eigenvalue weighted by Crippen LogP contribution is 2.43. The topological polar surface area (TPSA) is 77.8 Å². The lowest BCUT2D eigenvalue weighted by molar-refractivity contribution is 0.273. The summed E-state index contributed by atoms with van der Waals surface area (Å²) in [5.74, 6) is 1.50. The quantitative estimate of drug-likeness (QED) is 0.910. The number of nitrogens with zero attached hydrogens (tertiary/aromatic N) is 3. The van der Waals surface area contributed by atoms with E-state index in [1.54, 1.807) is 6.20 Å². The molecule has 1 atom stereocenters. The van der Waals surface area contributed by atoms with Gasteiger partial charge in [-0.3, -0.25) is 4.98 Å². The van der Waals surface area contributed by atoms with E-state index in [-0.39, 0.29) is 0 Å². The Bertz CT molecular complexity index is 587. The number of hydrogen-bond acceptors (Lipinski definition) is 5. The van der Waals surface area contributed by atoms with Gasteiger partial charge in [0.15, 0.2) is 0 Å². The molecular weight excluding hydrogens is 240 g/mol. The van der Waals surface area contributed by atoms with Gasteiger partial charge in [0.2, 0.25) is 11.7 Å². The first-order chi connectivity index (χ1) is 9.13. The predicted octanol–water partition coefficient (Wildman–Crippen LogP) is 2.28. The largest absolute Gasteiger partial charge is 0.337 e. The molecule has 0 aliphatic heterocycles. The van der Waals surface area contributed by atoms with Crippen molar-refractivity contribution in [3.63, 3.8) is 0 Å². The molecular formula is C14H18N4O. The molecule has 1 saturated carbocycles. The molecule has 2 aromatic rings. The molecule has 5 nitrogen and oxygen atoms in total. The maximum Gasteiger partial charge on any atom is 0.247 e. The summed E-state index contributed by atoms with van der Waals surface area (Å²) < 4.78 is 5.36. The fourth-order valence-electron chi connectivity index (χ4n) is 2.32. The molecule has 1 fully saturated rings. The minimum Gasteiger partial charge on any atom is -0.337 e. The van der Waals surface area contributed by atoms with Crippen LogP contribution in [0.25, 0.3) is 11.5 Å². The van der Waals surface area contributed by atoms with Gasteiger partial charge in [-0.2, -0.15) is 4.98 Å². The average molecular weight is 258 g/mol. The van der Waals surface area contributed by atoms with Crippen LogP contribution in [0.3, 0.4) is 0 Å². The molecule has 2 heterocycles. The summed E-state index contributed by atoms with van der Waals surface area (Å²) in [7, 11) is 0. The van der Waals surface area contributed by atoms with Gasteiger partial charge in [-0.05, 0) is 43.7 Å². The normalized spacial score (nSPS) is 18.3. The van der Waals surface area contributed by atoms with Crippen LogP contribution in [0.2, 0.25) is 0 Å². The lowest BCUT2D eigenvalue weighted by Crippen LogP contribution is -2.35. The summed E-state index contributed by atoms with van der Waals surface area (Å²) >= 11 is 0. The molecule has 3 rings (SSSR count). The average Bonchev–Trinajstić information content (AvgIpc) is 3.17. The molecule has 2 N–H and O–H groups in total. The van der Waals surface area contributed by atoms with Crippen LogP contribution in [0, 0.1) is 5.92 Å². The van der Waals surface area contributed by atoms with Crippen LogP contribution < -0.4 is 5.73 Å². The smallest absolute Gasteiger partial charge is 0.247 e. The fourth-order valence-corrected chi connectivity index (χ4v) is 2.32. The van der Waals surface area contributed by atoms with Crippen molar-refractivity contribution in [3.8, 4) is 11.5 Å². The van der Waals surface area contributed by atoms with Crippen LogP contribution in [0.5, 0.6) is 0 Å². The molecule has 1 aliphatic carbocycles. The highest BCUT2D eigenvalue weighted by molar-refractivity contribution is 5.53. The summed E-state index contributed by atoms with van der Waals surface area (Å²) in [6, 6.07) is 3.95. The Morgan fingerprint density at radius 1 is 1.47 bits per heavy atom. The SMILES string of the molecule is CCc1cccnc1-c1noc(C(C)(N)C2CC2)n1. The number of rotatable bonds is 4. The summed E-state index contributed by atoms with van der Waals surface area (Å²) in [5, 5.41) is 4.04. The first-order valence-electron chi connectivity index (χ1n) is 6.70. The Hall–Kier alpha value is -1.75. The minimum absolute atomic E-state index is 0.454. The first-order valence-corrected chi connectivity index (χ1v) is 6.70. The monoisotopic (exact) mass is 258 g/mol. The van der Waals surface area contributed by atoms with Crippen LogP contribution in [0.15, 0.2) is 22.9 Å². The Balaban J connectivity index is 1.97. The Morgan fingerprint density at radius 3 is 2.95 bits per heavy atom. The van der Waals surface area contributed by atoms with Gasteiger partial charge in [0.1, 0.15) is 5.69 Å². The van der Waals surface area contributed by atoms with Crippen LogP contribution in [-0.2, 0) is 12.0 Å². The Kier molecular flexibility index (Phi) is 2.86. The summed E-state index contributed by atoms with van der Waals surface area (Å²) in [6.07, 6.45) is 4.89. The molecule has 0 spiro atoms. The molecule has 0 amide bonds. The van der Waals surface area contributed by atoms with Gasteiger partial charge < -0.3 is 10.3 Å². The van der Waals surface area contributed by atoms with Crippen molar-refractivity contribution < 1.29 is 4.52 Å². The third kappa shape index (κ3) is 2.14. The van der Waals surface area contributed by atoms with E-state index < -0.39 is 5.54 Å². The zero-order valence-corrected chi connectivity index (χ0v) is 11.3. The maximum absolute atomic E-state index is 6.29.